The van der Waals surface area contributed by atoms with Crippen molar-refractivity contribution in [2.45, 2.75) is 12.7 Å². The molecular formula is C17H16BrFN4. The maximum atomic E-state index is 14.0. The third-order valence-corrected chi connectivity index (χ3v) is 3.86. The van der Waals surface area contributed by atoms with Crippen LogP contribution in [-0.2, 0) is 6.54 Å². The van der Waals surface area contributed by atoms with Crippen molar-refractivity contribution < 1.29 is 4.39 Å². The molecule has 118 valence electrons. The molecule has 3 rings (SSSR count). The van der Waals surface area contributed by atoms with E-state index in [-0.39, 0.29) is 12.4 Å². The predicted molar refractivity (Wildman–Crippen MR) is 95.7 cm³/mol. The summed E-state index contributed by atoms with van der Waals surface area (Å²) in [5.41, 5.74) is 1.91. The molecule has 0 bridgehead atoms. The Labute approximate surface area is 142 Å². The van der Waals surface area contributed by atoms with Gasteiger partial charge in [-0.15, -0.1) is 0 Å². The molecule has 2 aromatic rings. The smallest absolute Gasteiger partial charge is 0.220 e. The van der Waals surface area contributed by atoms with Crippen LogP contribution in [0.1, 0.15) is 5.56 Å². The molecule has 0 fully saturated rings. The quantitative estimate of drug-likeness (QED) is 0.859. The van der Waals surface area contributed by atoms with Crippen LogP contribution < -0.4 is 10.6 Å². The van der Waals surface area contributed by atoms with Gasteiger partial charge in [-0.05, 0) is 29.8 Å². The van der Waals surface area contributed by atoms with Crippen LogP contribution in [0.2, 0.25) is 0 Å². The van der Waals surface area contributed by atoms with Crippen molar-refractivity contribution in [1.29, 1.82) is 0 Å². The van der Waals surface area contributed by atoms with Gasteiger partial charge in [0.05, 0.1) is 6.54 Å². The van der Waals surface area contributed by atoms with Gasteiger partial charge in [0.2, 0.25) is 5.96 Å². The summed E-state index contributed by atoms with van der Waals surface area (Å²) in [6, 6.07) is 17.4. The van der Waals surface area contributed by atoms with Gasteiger partial charge in [0.15, 0.2) is 6.17 Å². The van der Waals surface area contributed by atoms with Crippen LogP contribution in [0.4, 0.5) is 10.1 Å². The molecule has 1 atom stereocenters. The van der Waals surface area contributed by atoms with Crippen LogP contribution in [-0.4, -0.2) is 24.5 Å². The van der Waals surface area contributed by atoms with Gasteiger partial charge in [-0.25, -0.2) is 9.38 Å². The van der Waals surface area contributed by atoms with Crippen molar-refractivity contribution in [3.05, 3.63) is 64.6 Å². The highest BCUT2D eigenvalue weighted by Crippen LogP contribution is 2.12. The SMILES string of the molecule is FC1CN=C(NCc2ccc(Br)cc2)N=C1Nc1ccccc1. The van der Waals surface area contributed by atoms with Crippen molar-refractivity contribution in [2.24, 2.45) is 9.98 Å². The number of nitrogens with zero attached hydrogens (tertiary/aromatic N) is 2. The van der Waals surface area contributed by atoms with E-state index >= 15 is 0 Å². The number of anilines is 1. The van der Waals surface area contributed by atoms with Gasteiger partial charge in [0.1, 0.15) is 5.84 Å². The summed E-state index contributed by atoms with van der Waals surface area (Å²) in [5.74, 6) is 0.727. The summed E-state index contributed by atoms with van der Waals surface area (Å²) in [7, 11) is 0. The summed E-state index contributed by atoms with van der Waals surface area (Å²) < 4.78 is 15.0. The molecule has 1 aliphatic rings. The molecule has 1 heterocycles. The van der Waals surface area contributed by atoms with Gasteiger partial charge in [0.25, 0.3) is 0 Å². The minimum Gasteiger partial charge on any atom is -0.350 e. The Morgan fingerprint density at radius 2 is 1.83 bits per heavy atom. The monoisotopic (exact) mass is 374 g/mol. The lowest BCUT2D eigenvalue weighted by Gasteiger charge is -2.18. The van der Waals surface area contributed by atoms with Crippen LogP contribution in [0.15, 0.2) is 69.1 Å². The number of alkyl halides is 1. The van der Waals surface area contributed by atoms with Crippen LogP contribution in [0.3, 0.4) is 0 Å². The first-order valence-electron chi connectivity index (χ1n) is 7.28. The van der Waals surface area contributed by atoms with Gasteiger partial charge in [-0.1, -0.05) is 46.3 Å². The standard InChI is InChI=1S/C17H16BrFN4/c18-13-8-6-12(7-9-13)10-20-17-21-11-15(19)16(23-17)22-14-4-2-1-3-5-14/h1-9,15H,10-11H2,(H2,20,21,22,23). The first kappa shape index (κ1) is 15.7. The Morgan fingerprint density at radius 1 is 1.09 bits per heavy atom. The fourth-order valence-electron chi connectivity index (χ4n) is 2.13. The van der Waals surface area contributed by atoms with E-state index in [2.05, 4.69) is 36.5 Å². The first-order chi connectivity index (χ1) is 11.2. The highest BCUT2D eigenvalue weighted by Gasteiger charge is 2.20. The number of nitrogens with one attached hydrogen (secondary N) is 2. The molecule has 2 aromatic carbocycles. The van der Waals surface area contributed by atoms with Gasteiger partial charge in [-0.3, -0.25) is 0 Å². The summed E-state index contributed by atoms with van der Waals surface area (Å²) in [6.07, 6.45) is -1.21. The van der Waals surface area contributed by atoms with E-state index < -0.39 is 6.17 Å². The number of aliphatic imine (C=N–C) groups is 2. The van der Waals surface area contributed by atoms with Crippen molar-refractivity contribution in [3.8, 4) is 0 Å². The second kappa shape index (κ2) is 7.37. The van der Waals surface area contributed by atoms with E-state index in [1.807, 2.05) is 54.6 Å². The van der Waals surface area contributed by atoms with Gasteiger partial charge in [0, 0.05) is 16.7 Å². The fourth-order valence-corrected chi connectivity index (χ4v) is 2.39. The highest BCUT2D eigenvalue weighted by atomic mass is 79.9. The van der Waals surface area contributed by atoms with Crippen LogP contribution >= 0.6 is 15.9 Å². The molecule has 0 spiro atoms. The normalized spacial score (nSPS) is 17.2. The predicted octanol–water partition coefficient (Wildman–Crippen LogP) is 3.76. The van der Waals surface area contributed by atoms with Crippen molar-refractivity contribution >= 4 is 33.4 Å². The molecule has 1 unspecified atom stereocenters. The molecule has 6 heteroatoms. The summed E-state index contributed by atoms with van der Waals surface area (Å²) in [4.78, 5) is 8.38. The second-order valence-electron chi connectivity index (χ2n) is 5.10. The van der Waals surface area contributed by atoms with Gasteiger partial charge in [-0.2, -0.15) is 4.99 Å². The topological polar surface area (TPSA) is 48.8 Å². The van der Waals surface area contributed by atoms with E-state index in [1.165, 1.54) is 0 Å². The number of hydrogen-bond acceptors (Lipinski definition) is 4. The molecule has 23 heavy (non-hydrogen) atoms. The molecule has 4 nitrogen and oxygen atoms in total. The molecular weight excluding hydrogens is 359 g/mol. The van der Waals surface area contributed by atoms with E-state index in [4.69, 9.17) is 0 Å². The Balaban J connectivity index is 1.64. The lowest BCUT2D eigenvalue weighted by atomic mass is 10.2. The summed E-state index contributed by atoms with van der Waals surface area (Å²) in [5, 5.41) is 6.15. The van der Waals surface area contributed by atoms with Gasteiger partial charge >= 0.3 is 0 Å². The Bertz CT molecular complexity index is 713. The number of para-hydroxylation sites is 1. The molecule has 0 aromatic heterocycles. The maximum Gasteiger partial charge on any atom is 0.220 e. The summed E-state index contributed by atoms with van der Waals surface area (Å²) >= 11 is 3.40. The lowest BCUT2D eigenvalue weighted by molar-refractivity contribution is 0.428. The number of amidine groups is 1. The largest absolute Gasteiger partial charge is 0.350 e. The van der Waals surface area contributed by atoms with E-state index in [0.29, 0.717) is 12.5 Å². The maximum absolute atomic E-state index is 14.0. The average Bonchev–Trinajstić information content (AvgIpc) is 2.58. The van der Waals surface area contributed by atoms with Crippen molar-refractivity contribution in [3.63, 3.8) is 0 Å². The zero-order valence-corrected chi connectivity index (χ0v) is 13.9. The first-order valence-corrected chi connectivity index (χ1v) is 8.07. The third kappa shape index (κ3) is 4.39. The van der Waals surface area contributed by atoms with Gasteiger partial charge < -0.3 is 10.6 Å². The number of halogens is 2. The van der Waals surface area contributed by atoms with Crippen LogP contribution in [0.5, 0.6) is 0 Å². The Hall–Kier alpha value is -2.21. The van der Waals surface area contributed by atoms with Crippen molar-refractivity contribution in [1.82, 2.24) is 5.32 Å². The van der Waals surface area contributed by atoms with E-state index in [9.17, 15) is 4.39 Å². The van der Waals surface area contributed by atoms with Crippen LogP contribution in [0, 0.1) is 0 Å². The average molecular weight is 375 g/mol. The second-order valence-corrected chi connectivity index (χ2v) is 6.02. The number of hydrogen-bond donors (Lipinski definition) is 2. The molecule has 0 saturated heterocycles. The Morgan fingerprint density at radius 3 is 2.57 bits per heavy atom. The lowest BCUT2D eigenvalue weighted by Crippen LogP contribution is -2.35. The number of benzene rings is 2. The number of rotatable bonds is 3. The van der Waals surface area contributed by atoms with E-state index in [0.717, 1.165) is 15.7 Å². The molecule has 0 amide bonds. The Kier molecular flexibility index (Phi) is 5.02. The van der Waals surface area contributed by atoms with E-state index in [1.54, 1.807) is 0 Å². The van der Waals surface area contributed by atoms with Crippen LogP contribution in [0.25, 0.3) is 0 Å². The zero-order chi connectivity index (χ0) is 16.1. The third-order valence-electron chi connectivity index (χ3n) is 3.33. The fraction of sp³-hybridized carbons (Fsp3) is 0.176. The van der Waals surface area contributed by atoms with Crippen molar-refractivity contribution in [2.75, 3.05) is 11.9 Å². The molecule has 0 aliphatic carbocycles. The minimum atomic E-state index is -1.21. The molecule has 1 aliphatic heterocycles. The minimum absolute atomic E-state index is 0.0708. The number of guanidine groups is 1. The highest BCUT2D eigenvalue weighted by molar-refractivity contribution is 9.10. The zero-order valence-electron chi connectivity index (χ0n) is 12.3. The summed E-state index contributed by atoms with van der Waals surface area (Å²) in [6.45, 7) is 0.659. The molecule has 0 saturated carbocycles. The molecule has 0 radical (unpaired) electrons. The molecule has 2 N–H and O–H groups in total.